The molecule has 0 amide bonds. The molecule has 0 saturated carbocycles. The van der Waals surface area contributed by atoms with Crippen molar-refractivity contribution in [1.82, 2.24) is 27.4 Å². The van der Waals surface area contributed by atoms with Crippen LogP contribution >= 0.6 is 0 Å². The molecular weight excluding hydrogens is 1810 g/mol. The van der Waals surface area contributed by atoms with Crippen LogP contribution in [0.25, 0.3) is 265 Å². The minimum atomic E-state index is 1.15. The van der Waals surface area contributed by atoms with E-state index in [4.69, 9.17) is 0 Å². The molecule has 0 fully saturated rings. The zero-order chi connectivity index (χ0) is 99.1. The number of hydrogen-bond donors (Lipinski definition) is 0. The van der Waals surface area contributed by atoms with E-state index in [0.717, 1.165) is 28.4 Å². The van der Waals surface area contributed by atoms with Crippen molar-refractivity contribution in [2.45, 2.75) is 0 Å². The molecule has 30 aromatic rings. The van der Waals surface area contributed by atoms with Gasteiger partial charge >= 0.3 is 0 Å². The summed E-state index contributed by atoms with van der Waals surface area (Å²) in [4.78, 5) is 0. The van der Waals surface area contributed by atoms with Gasteiger partial charge in [-0.2, -0.15) is 0 Å². The summed E-state index contributed by atoms with van der Waals surface area (Å²) in [6.45, 7) is 0. The van der Waals surface area contributed by atoms with Gasteiger partial charge in [0, 0.05) is 98.8 Å². The molecule has 0 unspecified atom stereocenters. The summed E-state index contributed by atoms with van der Waals surface area (Å²) in [6.07, 6.45) is 0. The fourth-order valence-electron chi connectivity index (χ4n) is 23.4. The Labute approximate surface area is 868 Å². The second-order valence-corrected chi connectivity index (χ2v) is 39.0. The predicted molar refractivity (Wildman–Crippen MR) is 634 cm³/mol. The van der Waals surface area contributed by atoms with Gasteiger partial charge in [0.2, 0.25) is 0 Å². The van der Waals surface area contributed by atoms with Crippen molar-refractivity contribution in [3.8, 4) is 134 Å². The van der Waals surface area contributed by atoms with Crippen molar-refractivity contribution < 1.29 is 0 Å². The van der Waals surface area contributed by atoms with Crippen LogP contribution in [0.1, 0.15) is 0 Å². The largest absolute Gasteiger partial charge is 0.309 e. The first-order valence-corrected chi connectivity index (χ1v) is 51.6. The van der Waals surface area contributed by atoms with E-state index in [9.17, 15) is 0 Å². The standard InChI is InChI=1S/3C48H32N2/c1-4-14-33(15-5-1)36-24-26-39(27-25-36)49-45-23-13-11-21-43(45)47-46(49)29-28-42-41-20-10-12-22-44(41)50(48(42)47)40-31-37(34-16-6-2-7-17-34)30-38(32-40)35-18-8-3-9-19-35;1-3-12-33(13-4-1)35-22-26-39(27-23-35)49-45-20-9-7-18-41(45)43-31-37(24-28-47(43)49)38-25-29-48-44(32-38)42-19-8-10-21-46(42)50(48)40-17-11-16-36(30-40)34-14-5-2-6-15-34;1-2-13-33(14-3-1)34-15-10-16-35(29-34)36-17-11-18-37(30-36)38-19-12-20-39(31-38)49-47-26-9-6-23-43(47)44-32-40(27-28-48(44)49)50-45-24-7-4-21-41(45)42-22-5-8-25-46(42)50/h3*1-32H. The van der Waals surface area contributed by atoms with Gasteiger partial charge in [-0.3, -0.25) is 0 Å². The Morgan fingerprint density at radius 2 is 0.293 bits per heavy atom. The highest BCUT2D eigenvalue weighted by molar-refractivity contribution is 6.27. The van der Waals surface area contributed by atoms with Crippen molar-refractivity contribution in [2.75, 3.05) is 0 Å². The Kier molecular flexibility index (Phi) is 21.9. The molecule has 0 atom stereocenters. The third-order valence-electron chi connectivity index (χ3n) is 30.3. The van der Waals surface area contributed by atoms with Crippen LogP contribution in [0, 0.1) is 0 Å². The van der Waals surface area contributed by atoms with Crippen LogP contribution in [-0.2, 0) is 0 Å². The number of nitrogens with zero attached hydrogens (tertiary/aromatic N) is 6. The molecule has 0 aliphatic heterocycles. The molecule has 6 nitrogen and oxygen atoms in total. The number of hydrogen-bond acceptors (Lipinski definition) is 0. The fraction of sp³-hybridized carbons (Fsp3) is 0. The van der Waals surface area contributed by atoms with Gasteiger partial charge in [0.15, 0.2) is 0 Å². The Balaban J connectivity index is 0.000000108. The minimum absolute atomic E-state index is 1.15. The molecule has 150 heavy (non-hydrogen) atoms. The molecule has 0 N–H and O–H groups in total. The number of aromatic nitrogens is 6. The zero-order valence-corrected chi connectivity index (χ0v) is 82.1. The summed E-state index contributed by atoms with van der Waals surface area (Å²) in [6, 6.07) is 211. The smallest absolute Gasteiger partial charge is 0.0641 e. The summed E-state index contributed by atoms with van der Waals surface area (Å²) in [5, 5.41) is 15.1. The molecule has 702 valence electrons. The zero-order valence-electron chi connectivity index (χ0n) is 82.1. The summed E-state index contributed by atoms with van der Waals surface area (Å²) < 4.78 is 14.5. The van der Waals surface area contributed by atoms with Crippen molar-refractivity contribution in [3.05, 3.63) is 582 Å². The van der Waals surface area contributed by atoms with Crippen LogP contribution in [0.2, 0.25) is 0 Å². The summed E-state index contributed by atoms with van der Waals surface area (Å²) in [5.74, 6) is 0. The van der Waals surface area contributed by atoms with Crippen LogP contribution < -0.4 is 0 Å². The van der Waals surface area contributed by atoms with E-state index in [2.05, 4.69) is 610 Å². The van der Waals surface area contributed by atoms with Gasteiger partial charge in [-0.1, -0.05) is 413 Å². The molecule has 0 radical (unpaired) electrons. The highest BCUT2D eigenvalue weighted by Gasteiger charge is 2.26. The first-order valence-electron chi connectivity index (χ1n) is 51.6. The normalized spacial score (nSPS) is 11.6. The predicted octanol–water partition coefficient (Wildman–Crippen LogP) is 38.6. The molecule has 0 bridgehead atoms. The number of benzene rings is 24. The molecule has 6 heteroatoms. The maximum absolute atomic E-state index is 2.50. The van der Waals surface area contributed by atoms with Crippen LogP contribution in [0.15, 0.2) is 582 Å². The maximum Gasteiger partial charge on any atom is 0.0641 e. The Bertz CT molecular complexity index is 10300. The van der Waals surface area contributed by atoms with E-state index < -0.39 is 0 Å². The molecule has 24 aromatic carbocycles. The third-order valence-corrected chi connectivity index (χ3v) is 30.3. The molecule has 0 spiro atoms. The molecule has 30 rings (SSSR count). The Morgan fingerprint density at radius 3 is 0.680 bits per heavy atom. The lowest BCUT2D eigenvalue weighted by Crippen LogP contribution is -1.97. The Hall–Kier alpha value is -19.9. The fourth-order valence-corrected chi connectivity index (χ4v) is 23.4. The molecular formula is C144H96N6. The van der Waals surface area contributed by atoms with Crippen LogP contribution in [0.3, 0.4) is 0 Å². The van der Waals surface area contributed by atoms with E-state index in [0.29, 0.717) is 0 Å². The lowest BCUT2D eigenvalue weighted by Gasteiger charge is -2.15. The average molecular weight is 1910 g/mol. The minimum Gasteiger partial charge on any atom is -0.309 e. The van der Waals surface area contributed by atoms with Gasteiger partial charge in [-0.25, -0.2) is 0 Å². The van der Waals surface area contributed by atoms with Crippen LogP contribution in [-0.4, -0.2) is 27.4 Å². The van der Waals surface area contributed by atoms with Crippen molar-refractivity contribution in [3.63, 3.8) is 0 Å². The number of rotatable bonds is 15. The first kappa shape index (κ1) is 87.8. The molecule has 0 aliphatic rings. The van der Waals surface area contributed by atoms with Gasteiger partial charge in [0.25, 0.3) is 0 Å². The summed E-state index contributed by atoms with van der Waals surface area (Å²) >= 11 is 0. The van der Waals surface area contributed by atoms with Crippen LogP contribution in [0.4, 0.5) is 0 Å². The third kappa shape index (κ3) is 15.5. The summed E-state index contributed by atoms with van der Waals surface area (Å²) in [5.41, 5.74) is 43.2. The highest BCUT2D eigenvalue weighted by Crippen LogP contribution is 2.48. The maximum atomic E-state index is 2.50. The lowest BCUT2D eigenvalue weighted by molar-refractivity contribution is 1.17. The van der Waals surface area contributed by atoms with Gasteiger partial charge in [0.05, 0.1) is 66.2 Å². The average Bonchev–Trinajstić information content (AvgIpc) is 1.54. The molecule has 0 saturated heterocycles. The molecule has 6 aromatic heterocycles. The highest BCUT2D eigenvalue weighted by atomic mass is 15.0. The quantitative estimate of drug-likeness (QED) is 0.0979. The van der Waals surface area contributed by atoms with Gasteiger partial charge in [-0.05, 0) is 270 Å². The molecule has 6 heterocycles. The van der Waals surface area contributed by atoms with Crippen LogP contribution in [0.5, 0.6) is 0 Å². The topological polar surface area (TPSA) is 29.6 Å². The monoisotopic (exact) mass is 1910 g/mol. The van der Waals surface area contributed by atoms with E-state index >= 15 is 0 Å². The van der Waals surface area contributed by atoms with Gasteiger partial charge in [-0.15, -0.1) is 0 Å². The second-order valence-electron chi connectivity index (χ2n) is 39.0. The van der Waals surface area contributed by atoms with E-state index in [1.807, 2.05) is 0 Å². The first-order chi connectivity index (χ1) is 74.4. The molecule has 0 aliphatic carbocycles. The Morgan fingerprint density at radius 1 is 0.0867 bits per heavy atom. The second kappa shape index (κ2) is 37.4. The van der Waals surface area contributed by atoms with Crippen molar-refractivity contribution in [1.29, 1.82) is 0 Å². The van der Waals surface area contributed by atoms with E-state index in [1.54, 1.807) is 0 Å². The van der Waals surface area contributed by atoms with Crippen molar-refractivity contribution in [2.24, 2.45) is 0 Å². The summed E-state index contributed by atoms with van der Waals surface area (Å²) in [7, 11) is 0. The van der Waals surface area contributed by atoms with E-state index in [-0.39, 0.29) is 0 Å². The van der Waals surface area contributed by atoms with Gasteiger partial charge in [0.1, 0.15) is 0 Å². The van der Waals surface area contributed by atoms with Gasteiger partial charge < -0.3 is 27.4 Å². The SMILES string of the molecule is c1ccc(-c2ccc(-n3c4ccccc4c4c3ccc3c5ccccc5n(-c5cc(-c6ccccc6)cc(-c6ccccc6)c5)c34)cc2)cc1.c1ccc(-c2ccc(-n3c4ccccc4c4cc(-c5ccc6c(c5)c5ccccc5n6-c5cccc(-c6ccccc6)c5)ccc43)cc2)cc1.c1ccc(-c2cccc(-c3cccc(-c4cccc(-n5c6ccccc6c6cc(-n7c8ccccc8c8ccccc87)ccc65)c4)c3)c2)cc1. The van der Waals surface area contributed by atoms with Crippen molar-refractivity contribution >= 4 is 131 Å². The number of para-hydroxylation sites is 7. The number of fused-ring (bicyclic) bond motifs is 19. The lowest BCUT2D eigenvalue weighted by atomic mass is 9.96. The van der Waals surface area contributed by atoms with E-state index in [1.165, 1.54) is 237 Å².